The first-order valence-corrected chi connectivity index (χ1v) is 19.0. The van der Waals surface area contributed by atoms with E-state index < -0.39 is 0 Å². The Hall–Kier alpha value is -7.16. The van der Waals surface area contributed by atoms with Crippen molar-refractivity contribution in [1.82, 2.24) is 4.57 Å². The number of furan rings is 1. The van der Waals surface area contributed by atoms with Crippen LogP contribution in [0.2, 0.25) is 0 Å². The van der Waals surface area contributed by atoms with E-state index in [2.05, 4.69) is 205 Å². The lowest BCUT2D eigenvalue weighted by molar-refractivity contribution is 0.668. The molecule has 1 unspecified atom stereocenters. The third kappa shape index (κ3) is 5.26. The average molecular weight is 702 g/mol. The van der Waals surface area contributed by atoms with Crippen LogP contribution in [0.25, 0.3) is 82.5 Å². The molecule has 2 heterocycles. The zero-order chi connectivity index (χ0) is 36.3. The number of rotatable bonds is 6. The molecule has 55 heavy (non-hydrogen) atoms. The van der Waals surface area contributed by atoms with Gasteiger partial charge in [-0.15, -0.1) is 0 Å². The summed E-state index contributed by atoms with van der Waals surface area (Å²) in [5, 5.41) is 7.30. The zero-order valence-corrected chi connectivity index (χ0v) is 30.1. The van der Waals surface area contributed by atoms with Crippen LogP contribution in [0.4, 0.5) is 0 Å². The van der Waals surface area contributed by atoms with E-state index >= 15 is 0 Å². The summed E-state index contributed by atoms with van der Waals surface area (Å²) < 4.78 is 8.70. The summed E-state index contributed by atoms with van der Waals surface area (Å²) in [7, 11) is 0. The normalized spacial score (nSPS) is 12.3. The Bertz CT molecular complexity index is 3200. The van der Waals surface area contributed by atoms with Gasteiger partial charge in [0.15, 0.2) is 0 Å². The van der Waals surface area contributed by atoms with E-state index in [9.17, 15) is 0 Å². The molecule has 0 spiro atoms. The highest BCUT2D eigenvalue weighted by Gasteiger charge is 2.22. The fourth-order valence-corrected chi connectivity index (χ4v) is 8.74. The van der Waals surface area contributed by atoms with Gasteiger partial charge in [-0.1, -0.05) is 164 Å². The molecule has 2 nitrogen and oxygen atoms in total. The molecular weight excluding hydrogens is 667 g/mol. The van der Waals surface area contributed by atoms with Crippen molar-refractivity contribution in [2.75, 3.05) is 0 Å². The fourth-order valence-electron chi connectivity index (χ4n) is 8.74. The fraction of sp³-hybridized carbons (Fsp3) is 0.0189. The standard InChI is InChI=1S/C53H35NO/c1-2-16-42(17-3-1)54-49-22-8-6-19-45(49)46-30-28-41(34-50(46)54)53(40-29-31-52-48(33-40)47-20-7-9-23-51(47)55-52)39-15-10-14-38(32-39)35-24-26-37(27-25-35)44-21-11-13-36-12-4-5-18-43(36)44/h1-34,53H. The van der Waals surface area contributed by atoms with Crippen molar-refractivity contribution in [2.45, 2.75) is 5.92 Å². The van der Waals surface area contributed by atoms with E-state index in [0.717, 1.165) is 27.6 Å². The Morgan fingerprint density at radius 3 is 1.87 bits per heavy atom. The number of fused-ring (bicyclic) bond motifs is 7. The van der Waals surface area contributed by atoms with Gasteiger partial charge in [0, 0.05) is 33.2 Å². The minimum absolute atomic E-state index is 0.0281. The summed E-state index contributed by atoms with van der Waals surface area (Å²) in [6.07, 6.45) is 0. The molecule has 0 radical (unpaired) electrons. The van der Waals surface area contributed by atoms with Crippen LogP contribution in [-0.4, -0.2) is 4.57 Å². The van der Waals surface area contributed by atoms with E-state index in [1.807, 2.05) is 6.07 Å². The summed E-state index contributed by atoms with van der Waals surface area (Å²) in [6.45, 7) is 0. The molecule has 11 aromatic rings. The third-order valence-electron chi connectivity index (χ3n) is 11.3. The van der Waals surface area contributed by atoms with Gasteiger partial charge < -0.3 is 8.98 Å². The lowest BCUT2D eigenvalue weighted by Crippen LogP contribution is -2.04. The van der Waals surface area contributed by atoms with Gasteiger partial charge in [-0.2, -0.15) is 0 Å². The molecule has 2 heteroatoms. The minimum Gasteiger partial charge on any atom is -0.456 e. The third-order valence-corrected chi connectivity index (χ3v) is 11.3. The van der Waals surface area contributed by atoms with Crippen LogP contribution in [0.5, 0.6) is 0 Å². The second kappa shape index (κ2) is 12.8. The van der Waals surface area contributed by atoms with Crippen molar-refractivity contribution < 1.29 is 4.42 Å². The maximum atomic E-state index is 6.29. The molecule has 0 saturated heterocycles. The zero-order valence-electron chi connectivity index (χ0n) is 30.1. The Balaban J connectivity index is 1.08. The smallest absolute Gasteiger partial charge is 0.135 e. The van der Waals surface area contributed by atoms with Crippen molar-refractivity contribution in [1.29, 1.82) is 0 Å². The lowest BCUT2D eigenvalue weighted by atomic mass is 9.83. The van der Waals surface area contributed by atoms with Crippen LogP contribution in [-0.2, 0) is 0 Å². The second-order valence-electron chi connectivity index (χ2n) is 14.5. The molecule has 0 bridgehead atoms. The largest absolute Gasteiger partial charge is 0.456 e. The molecule has 0 N–H and O–H groups in total. The minimum atomic E-state index is -0.0281. The topological polar surface area (TPSA) is 18.1 Å². The van der Waals surface area contributed by atoms with Crippen molar-refractivity contribution in [3.8, 4) is 27.9 Å². The SMILES string of the molecule is c1ccc(-n2c3ccccc3c3ccc(C(c4cccc(-c5ccc(-c6cccc7ccccc67)cc5)c4)c4ccc5oc6ccccc6c5c4)cc32)cc1. The van der Waals surface area contributed by atoms with Gasteiger partial charge in [0.25, 0.3) is 0 Å². The molecule has 0 fully saturated rings. The number of para-hydroxylation sites is 3. The van der Waals surface area contributed by atoms with Crippen molar-refractivity contribution >= 4 is 54.5 Å². The first-order chi connectivity index (χ1) is 27.3. The first-order valence-electron chi connectivity index (χ1n) is 19.0. The van der Waals surface area contributed by atoms with Crippen molar-refractivity contribution in [3.05, 3.63) is 223 Å². The number of benzene rings is 9. The van der Waals surface area contributed by atoms with Gasteiger partial charge in [-0.3, -0.25) is 0 Å². The highest BCUT2D eigenvalue weighted by molar-refractivity contribution is 6.09. The summed E-state index contributed by atoms with van der Waals surface area (Å²) >= 11 is 0. The lowest BCUT2D eigenvalue weighted by Gasteiger charge is -2.21. The van der Waals surface area contributed by atoms with Crippen LogP contribution in [0.1, 0.15) is 22.6 Å². The Morgan fingerprint density at radius 1 is 0.345 bits per heavy atom. The number of hydrogen-bond acceptors (Lipinski definition) is 1. The van der Waals surface area contributed by atoms with Crippen LogP contribution < -0.4 is 0 Å². The van der Waals surface area contributed by atoms with E-state index in [0.29, 0.717) is 0 Å². The summed E-state index contributed by atoms with van der Waals surface area (Å²) in [6, 6.07) is 74.9. The monoisotopic (exact) mass is 701 g/mol. The van der Waals surface area contributed by atoms with Crippen molar-refractivity contribution in [3.63, 3.8) is 0 Å². The van der Waals surface area contributed by atoms with E-state index in [1.165, 1.54) is 71.5 Å². The molecule has 0 aliphatic rings. The molecule has 9 aromatic carbocycles. The van der Waals surface area contributed by atoms with Gasteiger partial charge in [-0.25, -0.2) is 0 Å². The maximum Gasteiger partial charge on any atom is 0.135 e. The molecule has 0 aliphatic carbocycles. The summed E-state index contributed by atoms with van der Waals surface area (Å²) in [4.78, 5) is 0. The van der Waals surface area contributed by atoms with Gasteiger partial charge in [0.1, 0.15) is 11.2 Å². The predicted octanol–water partition coefficient (Wildman–Crippen LogP) is 14.4. The van der Waals surface area contributed by atoms with Crippen LogP contribution in [0.15, 0.2) is 211 Å². The van der Waals surface area contributed by atoms with Crippen molar-refractivity contribution in [2.24, 2.45) is 0 Å². The number of hydrogen-bond donors (Lipinski definition) is 0. The number of nitrogens with zero attached hydrogens (tertiary/aromatic N) is 1. The maximum absolute atomic E-state index is 6.29. The molecule has 1 atom stereocenters. The first kappa shape index (κ1) is 31.4. The average Bonchev–Trinajstić information content (AvgIpc) is 3.79. The number of aromatic nitrogens is 1. The van der Waals surface area contributed by atoms with E-state index in [-0.39, 0.29) is 5.92 Å². The van der Waals surface area contributed by atoms with Gasteiger partial charge in [0.2, 0.25) is 0 Å². The molecular formula is C53H35NO. The molecule has 2 aromatic heterocycles. The predicted molar refractivity (Wildman–Crippen MR) is 230 cm³/mol. The van der Waals surface area contributed by atoms with Crippen LogP contribution >= 0.6 is 0 Å². The Morgan fingerprint density at radius 2 is 0.982 bits per heavy atom. The van der Waals surface area contributed by atoms with Gasteiger partial charge in [0.05, 0.1) is 11.0 Å². The molecule has 0 saturated carbocycles. The van der Waals surface area contributed by atoms with Crippen LogP contribution in [0, 0.1) is 0 Å². The molecule has 11 rings (SSSR count). The Labute approximate surface area is 319 Å². The Kier molecular flexibility index (Phi) is 7.28. The molecule has 258 valence electrons. The molecule has 0 aliphatic heterocycles. The molecule has 0 amide bonds. The highest BCUT2D eigenvalue weighted by atomic mass is 16.3. The van der Waals surface area contributed by atoms with E-state index in [4.69, 9.17) is 4.42 Å². The second-order valence-corrected chi connectivity index (χ2v) is 14.5. The van der Waals surface area contributed by atoms with Crippen LogP contribution in [0.3, 0.4) is 0 Å². The van der Waals surface area contributed by atoms with Gasteiger partial charge in [-0.05, 0) is 92.2 Å². The summed E-state index contributed by atoms with van der Waals surface area (Å²) in [5.74, 6) is -0.0281. The summed E-state index contributed by atoms with van der Waals surface area (Å²) in [5.41, 5.74) is 13.9. The highest BCUT2D eigenvalue weighted by Crippen LogP contribution is 2.41. The van der Waals surface area contributed by atoms with E-state index in [1.54, 1.807) is 0 Å². The van der Waals surface area contributed by atoms with Gasteiger partial charge >= 0.3 is 0 Å². The quantitative estimate of drug-likeness (QED) is 0.158.